The summed E-state index contributed by atoms with van der Waals surface area (Å²) in [6.45, 7) is 3.48. The smallest absolute Gasteiger partial charge is 0.338 e. The lowest BCUT2D eigenvalue weighted by molar-refractivity contribution is -0.116. The fraction of sp³-hybridized carbons (Fsp3) is 0.238. The van der Waals surface area contributed by atoms with E-state index < -0.39 is 17.8 Å². The third-order valence-electron chi connectivity index (χ3n) is 4.17. The molecule has 1 aliphatic rings. The molecule has 0 unspecified atom stereocenters. The van der Waals surface area contributed by atoms with Crippen LogP contribution in [-0.2, 0) is 9.53 Å². The molecule has 1 N–H and O–H groups in total. The molecule has 144 valence electrons. The summed E-state index contributed by atoms with van der Waals surface area (Å²) in [4.78, 5) is 49.9. The summed E-state index contributed by atoms with van der Waals surface area (Å²) in [5, 5.41) is 2.67. The van der Waals surface area contributed by atoms with E-state index in [4.69, 9.17) is 4.74 Å². The van der Waals surface area contributed by atoms with Gasteiger partial charge in [-0.25, -0.2) is 4.79 Å². The van der Waals surface area contributed by atoms with Gasteiger partial charge in [-0.2, -0.15) is 0 Å². The van der Waals surface area contributed by atoms with Crippen molar-refractivity contribution in [2.75, 3.05) is 11.9 Å². The molecule has 7 heteroatoms. The van der Waals surface area contributed by atoms with E-state index in [-0.39, 0.29) is 25.0 Å². The Kier molecular flexibility index (Phi) is 5.54. The molecule has 1 heterocycles. The van der Waals surface area contributed by atoms with Gasteiger partial charge < -0.3 is 10.1 Å². The summed E-state index contributed by atoms with van der Waals surface area (Å²) >= 11 is 0. The molecular weight excluding hydrogens is 360 g/mol. The van der Waals surface area contributed by atoms with Gasteiger partial charge in [0.1, 0.15) is 0 Å². The quantitative estimate of drug-likeness (QED) is 0.614. The van der Waals surface area contributed by atoms with Crippen molar-refractivity contribution < 1.29 is 23.9 Å². The van der Waals surface area contributed by atoms with Gasteiger partial charge in [0.05, 0.1) is 22.8 Å². The molecule has 2 aromatic carbocycles. The van der Waals surface area contributed by atoms with Crippen LogP contribution in [0.1, 0.15) is 51.3 Å². The number of nitrogens with one attached hydrogen (secondary N) is 1. The molecule has 2 aromatic rings. The van der Waals surface area contributed by atoms with Gasteiger partial charge >= 0.3 is 5.97 Å². The lowest BCUT2D eigenvalue weighted by Gasteiger charge is -2.14. The highest BCUT2D eigenvalue weighted by atomic mass is 16.5. The number of anilines is 1. The van der Waals surface area contributed by atoms with Gasteiger partial charge in [0.25, 0.3) is 11.8 Å². The Labute approximate surface area is 162 Å². The number of hydrogen-bond donors (Lipinski definition) is 1. The van der Waals surface area contributed by atoms with Crippen molar-refractivity contribution in [3.63, 3.8) is 0 Å². The number of imide groups is 1. The number of fused-ring (bicyclic) bond motifs is 1. The van der Waals surface area contributed by atoms with Gasteiger partial charge in [-0.1, -0.05) is 18.2 Å². The van der Waals surface area contributed by atoms with Crippen LogP contribution in [0, 0.1) is 0 Å². The summed E-state index contributed by atoms with van der Waals surface area (Å²) in [5.74, 6) is -1.64. The van der Waals surface area contributed by atoms with E-state index in [1.807, 2.05) is 0 Å². The standard InChI is InChI=1S/C21H20N2O5/c1-13(2)28-21(27)14-6-5-7-15(12-14)22-18(24)10-11-23-19(25)16-8-3-4-9-17(16)20(23)26/h3-9,12-13H,10-11H2,1-2H3,(H,22,24). The Morgan fingerprint density at radius 1 is 1.00 bits per heavy atom. The van der Waals surface area contributed by atoms with Crippen molar-refractivity contribution >= 4 is 29.4 Å². The highest BCUT2D eigenvalue weighted by Crippen LogP contribution is 2.22. The predicted molar refractivity (Wildman–Crippen MR) is 102 cm³/mol. The van der Waals surface area contributed by atoms with Gasteiger partial charge in [-0.15, -0.1) is 0 Å². The number of carbonyl (C=O) groups is 4. The number of hydrogen-bond acceptors (Lipinski definition) is 5. The fourth-order valence-corrected chi connectivity index (χ4v) is 2.89. The highest BCUT2D eigenvalue weighted by molar-refractivity contribution is 6.21. The minimum atomic E-state index is -0.475. The number of rotatable bonds is 6. The second-order valence-electron chi connectivity index (χ2n) is 6.64. The molecule has 0 radical (unpaired) electrons. The molecule has 0 atom stereocenters. The lowest BCUT2D eigenvalue weighted by Crippen LogP contribution is -2.32. The van der Waals surface area contributed by atoms with Gasteiger partial charge in [-0.05, 0) is 44.2 Å². The average Bonchev–Trinajstić information content (AvgIpc) is 2.90. The minimum Gasteiger partial charge on any atom is -0.459 e. The summed E-state index contributed by atoms with van der Waals surface area (Å²) in [5.41, 5.74) is 1.46. The Hall–Kier alpha value is -3.48. The molecular formula is C21H20N2O5. The third-order valence-corrected chi connectivity index (χ3v) is 4.17. The van der Waals surface area contributed by atoms with Crippen molar-refractivity contribution in [3.8, 4) is 0 Å². The number of esters is 1. The van der Waals surface area contributed by atoms with Crippen LogP contribution in [0.2, 0.25) is 0 Å². The zero-order valence-corrected chi connectivity index (χ0v) is 15.6. The van der Waals surface area contributed by atoms with Crippen molar-refractivity contribution in [1.82, 2.24) is 4.90 Å². The largest absolute Gasteiger partial charge is 0.459 e. The van der Waals surface area contributed by atoms with Crippen LogP contribution in [0.15, 0.2) is 48.5 Å². The number of nitrogens with zero attached hydrogens (tertiary/aromatic N) is 1. The molecule has 28 heavy (non-hydrogen) atoms. The monoisotopic (exact) mass is 380 g/mol. The van der Waals surface area contributed by atoms with Gasteiger partial charge in [0.2, 0.25) is 5.91 Å². The van der Waals surface area contributed by atoms with Crippen LogP contribution in [0.3, 0.4) is 0 Å². The van der Waals surface area contributed by atoms with E-state index in [0.29, 0.717) is 22.4 Å². The van der Waals surface area contributed by atoms with E-state index in [9.17, 15) is 19.2 Å². The van der Waals surface area contributed by atoms with E-state index in [0.717, 1.165) is 4.90 Å². The Bertz CT molecular complexity index is 916. The fourth-order valence-electron chi connectivity index (χ4n) is 2.89. The van der Waals surface area contributed by atoms with E-state index >= 15 is 0 Å². The van der Waals surface area contributed by atoms with E-state index in [2.05, 4.69) is 5.32 Å². The third kappa shape index (κ3) is 4.09. The summed E-state index contributed by atoms with van der Waals surface area (Å²) in [7, 11) is 0. The summed E-state index contributed by atoms with van der Waals surface area (Å²) in [6.07, 6.45) is -0.294. The molecule has 0 aliphatic carbocycles. The number of ether oxygens (including phenoxy) is 1. The topological polar surface area (TPSA) is 92.8 Å². The Morgan fingerprint density at radius 3 is 2.25 bits per heavy atom. The SMILES string of the molecule is CC(C)OC(=O)c1cccc(NC(=O)CCN2C(=O)c3ccccc3C2=O)c1. The highest BCUT2D eigenvalue weighted by Gasteiger charge is 2.34. The van der Waals surface area contributed by atoms with E-state index in [1.54, 1.807) is 56.3 Å². The summed E-state index contributed by atoms with van der Waals surface area (Å²) < 4.78 is 5.13. The zero-order valence-electron chi connectivity index (χ0n) is 15.6. The maximum absolute atomic E-state index is 12.3. The first-order valence-corrected chi connectivity index (χ1v) is 8.93. The lowest BCUT2D eigenvalue weighted by atomic mass is 10.1. The molecule has 0 saturated carbocycles. The maximum Gasteiger partial charge on any atom is 0.338 e. The van der Waals surface area contributed by atoms with Gasteiger partial charge in [0.15, 0.2) is 0 Å². The first kappa shape index (κ1) is 19.3. The molecule has 7 nitrogen and oxygen atoms in total. The van der Waals surface area contributed by atoms with Crippen molar-refractivity contribution in [2.24, 2.45) is 0 Å². The van der Waals surface area contributed by atoms with Crippen LogP contribution < -0.4 is 5.32 Å². The normalized spacial score (nSPS) is 12.9. The molecule has 0 fully saturated rings. The molecule has 1 aliphatic heterocycles. The van der Waals surface area contributed by atoms with Crippen molar-refractivity contribution in [1.29, 1.82) is 0 Å². The molecule has 3 rings (SSSR count). The molecule has 0 aromatic heterocycles. The van der Waals surface area contributed by atoms with E-state index in [1.165, 1.54) is 6.07 Å². The summed E-state index contributed by atoms with van der Waals surface area (Å²) in [6, 6.07) is 13.0. The Balaban J connectivity index is 1.59. The maximum atomic E-state index is 12.3. The van der Waals surface area contributed by atoms with Crippen LogP contribution in [0.4, 0.5) is 5.69 Å². The number of carbonyl (C=O) groups excluding carboxylic acids is 4. The predicted octanol–water partition coefficient (Wildman–Crippen LogP) is 2.88. The van der Waals surface area contributed by atoms with Crippen LogP contribution in [0.25, 0.3) is 0 Å². The number of amides is 3. The van der Waals surface area contributed by atoms with Gasteiger partial charge in [0, 0.05) is 18.7 Å². The van der Waals surface area contributed by atoms with Crippen molar-refractivity contribution in [2.45, 2.75) is 26.4 Å². The Morgan fingerprint density at radius 2 is 1.64 bits per heavy atom. The number of benzene rings is 2. The average molecular weight is 380 g/mol. The second-order valence-corrected chi connectivity index (χ2v) is 6.64. The van der Waals surface area contributed by atoms with Crippen molar-refractivity contribution in [3.05, 3.63) is 65.2 Å². The first-order valence-electron chi connectivity index (χ1n) is 8.93. The van der Waals surface area contributed by atoms with Crippen LogP contribution >= 0.6 is 0 Å². The molecule has 0 spiro atoms. The molecule has 0 saturated heterocycles. The first-order chi connectivity index (χ1) is 13.4. The van der Waals surface area contributed by atoms with Crippen LogP contribution in [0.5, 0.6) is 0 Å². The zero-order chi connectivity index (χ0) is 20.3. The molecule has 0 bridgehead atoms. The minimum absolute atomic E-state index is 0.0206. The molecule has 3 amide bonds. The van der Waals surface area contributed by atoms with Crippen LogP contribution in [-0.4, -0.2) is 41.2 Å². The second kappa shape index (κ2) is 8.04. The van der Waals surface area contributed by atoms with Gasteiger partial charge in [-0.3, -0.25) is 19.3 Å².